The third kappa shape index (κ3) is 2.89. The molecule has 6 heteroatoms. The summed E-state index contributed by atoms with van der Waals surface area (Å²) < 4.78 is 1.04. The molecule has 0 unspecified atom stereocenters. The molecule has 19 heavy (non-hydrogen) atoms. The molecule has 0 fully saturated rings. The van der Waals surface area contributed by atoms with Gasteiger partial charge >= 0.3 is 0 Å². The van der Waals surface area contributed by atoms with Crippen molar-refractivity contribution in [2.45, 2.75) is 9.92 Å². The van der Waals surface area contributed by atoms with Crippen LogP contribution in [0, 0.1) is 11.3 Å². The summed E-state index contributed by atoms with van der Waals surface area (Å²) in [5.74, 6) is 0. The summed E-state index contributed by atoms with van der Waals surface area (Å²) in [4.78, 5) is 9.62. The van der Waals surface area contributed by atoms with Crippen LogP contribution in [0.15, 0.2) is 52.5 Å². The van der Waals surface area contributed by atoms with Gasteiger partial charge in [-0.05, 0) is 41.1 Å². The van der Waals surface area contributed by atoms with Gasteiger partial charge in [-0.1, -0.05) is 16.9 Å². The molecule has 0 N–H and O–H groups in total. The van der Waals surface area contributed by atoms with Crippen molar-refractivity contribution in [3.8, 4) is 6.07 Å². The highest BCUT2D eigenvalue weighted by molar-refractivity contribution is 8.76. The van der Waals surface area contributed by atoms with E-state index in [1.807, 2.05) is 30.3 Å². The highest BCUT2D eigenvalue weighted by atomic mass is 33.1. The van der Waals surface area contributed by atoms with Gasteiger partial charge in [0.1, 0.15) is 11.1 Å². The number of pyridine rings is 1. The first kappa shape index (κ1) is 12.5. The zero-order valence-corrected chi connectivity index (χ0v) is 12.1. The van der Waals surface area contributed by atoms with Crippen LogP contribution in [0.2, 0.25) is 0 Å². The summed E-state index contributed by atoms with van der Waals surface area (Å²) in [5.41, 5.74) is 0.883. The number of hydrogen-bond donors (Lipinski definition) is 0. The molecule has 0 saturated heterocycles. The fourth-order valence-corrected chi connectivity index (χ4v) is 4.23. The number of nitriles is 1. The predicted octanol–water partition coefficient (Wildman–Crippen LogP) is 4.36. The third-order valence-electron chi connectivity index (χ3n) is 2.32. The van der Waals surface area contributed by atoms with E-state index < -0.39 is 0 Å². The Bertz CT molecular complexity index is 747. The molecule has 92 valence electrons. The first-order valence-corrected chi connectivity index (χ1v) is 8.38. The summed E-state index contributed by atoms with van der Waals surface area (Å²) in [7, 11) is 3.27. The molecule has 3 nitrogen and oxygen atoms in total. The standard InChI is InChI=1S/C13H7N3S3/c14-8-13-16-10-5-4-9(7-11(10)17-13)18-19-12-3-1-2-6-15-12/h1-7H. The van der Waals surface area contributed by atoms with Crippen LogP contribution in [0.4, 0.5) is 0 Å². The van der Waals surface area contributed by atoms with Crippen molar-refractivity contribution in [3.05, 3.63) is 47.6 Å². The molecule has 0 aliphatic heterocycles. The Morgan fingerprint density at radius 1 is 1.16 bits per heavy atom. The van der Waals surface area contributed by atoms with Crippen LogP contribution in [0.5, 0.6) is 0 Å². The van der Waals surface area contributed by atoms with Gasteiger partial charge in [0.25, 0.3) is 0 Å². The topological polar surface area (TPSA) is 49.6 Å². The summed E-state index contributed by atoms with van der Waals surface area (Å²) in [6, 6.07) is 14.0. The van der Waals surface area contributed by atoms with E-state index in [0.717, 1.165) is 20.1 Å². The van der Waals surface area contributed by atoms with Gasteiger partial charge in [0.05, 0.1) is 10.2 Å². The number of benzene rings is 1. The molecule has 0 atom stereocenters. The van der Waals surface area contributed by atoms with Gasteiger partial charge in [0.15, 0.2) is 5.01 Å². The van der Waals surface area contributed by atoms with E-state index in [-0.39, 0.29) is 0 Å². The van der Waals surface area contributed by atoms with E-state index in [1.165, 1.54) is 11.3 Å². The second-order valence-electron chi connectivity index (χ2n) is 3.59. The van der Waals surface area contributed by atoms with E-state index in [4.69, 9.17) is 5.26 Å². The normalized spacial score (nSPS) is 10.5. The molecule has 0 aliphatic rings. The molecule has 0 bridgehead atoms. The predicted molar refractivity (Wildman–Crippen MR) is 80.3 cm³/mol. The smallest absolute Gasteiger partial charge is 0.195 e. The second kappa shape index (κ2) is 5.61. The number of hydrogen-bond acceptors (Lipinski definition) is 6. The molecule has 3 rings (SSSR count). The summed E-state index contributed by atoms with van der Waals surface area (Å²) in [6.45, 7) is 0. The van der Waals surface area contributed by atoms with Gasteiger partial charge in [-0.2, -0.15) is 5.26 Å². The minimum absolute atomic E-state index is 0.509. The molecule has 2 heterocycles. The number of thiazole rings is 1. The Morgan fingerprint density at radius 3 is 2.89 bits per heavy atom. The van der Waals surface area contributed by atoms with E-state index in [2.05, 4.69) is 22.1 Å². The molecule has 0 spiro atoms. The first-order chi connectivity index (χ1) is 9.35. The lowest BCUT2D eigenvalue weighted by Gasteiger charge is -1.99. The van der Waals surface area contributed by atoms with Crippen molar-refractivity contribution < 1.29 is 0 Å². The zero-order chi connectivity index (χ0) is 13.1. The van der Waals surface area contributed by atoms with Crippen LogP contribution >= 0.6 is 32.9 Å². The maximum atomic E-state index is 8.84. The zero-order valence-electron chi connectivity index (χ0n) is 9.61. The van der Waals surface area contributed by atoms with Gasteiger partial charge in [0.2, 0.25) is 0 Å². The highest BCUT2D eigenvalue weighted by Gasteiger charge is 2.05. The van der Waals surface area contributed by atoms with Crippen molar-refractivity contribution in [2.24, 2.45) is 0 Å². The first-order valence-electron chi connectivity index (χ1n) is 5.41. The molecular weight excluding hydrogens is 294 g/mol. The van der Waals surface area contributed by atoms with E-state index >= 15 is 0 Å². The van der Waals surface area contributed by atoms with Crippen molar-refractivity contribution in [2.75, 3.05) is 0 Å². The summed E-state index contributed by atoms with van der Waals surface area (Å²) >= 11 is 1.42. The lowest BCUT2D eigenvalue weighted by molar-refractivity contribution is 1.14. The van der Waals surface area contributed by atoms with E-state index in [0.29, 0.717) is 5.01 Å². The van der Waals surface area contributed by atoms with Crippen molar-refractivity contribution in [1.82, 2.24) is 9.97 Å². The van der Waals surface area contributed by atoms with Crippen LogP contribution < -0.4 is 0 Å². The van der Waals surface area contributed by atoms with Gasteiger partial charge < -0.3 is 0 Å². The fraction of sp³-hybridized carbons (Fsp3) is 0. The molecule has 2 aromatic heterocycles. The minimum Gasteiger partial charge on any atom is -0.249 e. The average molecular weight is 301 g/mol. The lowest BCUT2D eigenvalue weighted by atomic mass is 10.3. The number of aromatic nitrogens is 2. The quantitative estimate of drug-likeness (QED) is 0.673. The Balaban J connectivity index is 1.80. The fourth-order valence-electron chi connectivity index (χ4n) is 1.49. The van der Waals surface area contributed by atoms with Crippen LogP contribution in [-0.2, 0) is 0 Å². The van der Waals surface area contributed by atoms with Gasteiger partial charge in [-0.3, -0.25) is 0 Å². The Kier molecular flexibility index (Phi) is 3.69. The second-order valence-corrected chi connectivity index (χ2v) is 6.85. The van der Waals surface area contributed by atoms with Gasteiger partial charge in [0, 0.05) is 11.1 Å². The Hall–Kier alpha value is -1.55. The third-order valence-corrected chi connectivity index (χ3v) is 5.52. The molecule has 0 radical (unpaired) electrons. The number of fused-ring (bicyclic) bond motifs is 1. The van der Waals surface area contributed by atoms with Crippen molar-refractivity contribution >= 4 is 43.1 Å². The van der Waals surface area contributed by atoms with Gasteiger partial charge in [-0.25, -0.2) is 9.97 Å². The molecule has 0 amide bonds. The largest absolute Gasteiger partial charge is 0.249 e. The summed E-state index contributed by atoms with van der Waals surface area (Å²) in [5, 5.41) is 10.3. The minimum atomic E-state index is 0.509. The van der Waals surface area contributed by atoms with E-state index in [1.54, 1.807) is 27.8 Å². The highest BCUT2D eigenvalue weighted by Crippen LogP contribution is 2.37. The monoisotopic (exact) mass is 301 g/mol. The van der Waals surface area contributed by atoms with Crippen LogP contribution in [-0.4, -0.2) is 9.97 Å². The van der Waals surface area contributed by atoms with Gasteiger partial charge in [-0.15, -0.1) is 11.3 Å². The Labute approximate surface area is 122 Å². The lowest BCUT2D eigenvalue weighted by Crippen LogP contribution is -1.74. The Morgan fingerprint density at radius 2 is 2.11 bits per heavy atom. The maximum Gasteiger partial charge on any atom is 0.195 e. The van der Waals surface area contributed by atoms with Crippen molar-refractivity contribution in [3.63, 3.8) is 0 Å². The van der Waals surface area contributed by atoms with E-state index in [9.17, 15) is 0 Å². The average Bonchev–Trinajstić information content (AvgIpc) is 2.88. The van der Waals surface area contributed by atoms with Crippen LogP contribution in [0.25, 0.3) is 10.2 Å². The van der Waals surface area contributed by atoms with Crippen LogP contribution in [0.1, 0.15) is 5.01 Å². The summed E-state index contributed by atoms with van der Waals surface area (Å²) in [6.07, 6.45) is 1.79. The number of rotatable bonds is 3. The maximum absolute atomic E-state index is 8.84. The molecule has 0 saturated carbocycles. The molecule has 1 aromatic carbocycles. The van der Waals surface area contributed by atoms with Crippen LogP contribution in [0.3, 0.4) is 0 Å². The molecule has 3 aromatic rings. The molecule has 0 aliphatic carbocycles. The SMILES string of the molecule is N#Cc1nc2ccc(SSc3ccccn3)cc2s1. The van der Waals surface area contributed by atoms with Crippen molar-refractivity contribution in [1.29, 1.82) is 5.26 Å². The number of nitrogens with zero attached hydrogens (tertiary/aromatic N) is 3. The molecular formula is C13H7N3S3.